The number of anilines is 1. The molecule has 0 saturated heterocycles. The third-order valence-corrected chi connectivity index (χ3v) is 1.86. The van der Waals surface area contributed by atoms with E-state index >= 15 is 0 Å². The molecule has 4 nitrogen and oxygen atoms in total. The molecule has 1 rings (SSSR count). The van der Waals surface area contributed by atoms with E-state index < -0.39 is 0 Å². The molecule has 80 valence electrons. The van der Waals surface area contributed by atoms with Crippen LogP contribution < -0.4 is 5.32 Å². The van der Waals surface area contributed by atoms with Gasteiger partial charge in [-0.15, -0.1) is 0 Å². The molecule has 1 aromatic rings. The lowest BCUT2D eigenvalue weighted by Crippen LogP contribution is -2.20. The molecule has 1 N–H and O–H groups in total. The molecule has 0 aliphatic heterocycles. The first-order valence-corrected chi connectivity index (χ1v) is 4.90. The standard InChI is InChI=1S/C11H16N4/c1-8-6-13-9(5-12)15-10(8)14-7-11(2,3)4/h6H,7H2,1-4H3,(H,13,14,15). The summed E-state index contributed by atoms with van der Waals surface area (Å²) < 4.78 is 0. The molecule has 4 heteroatoms. The minimum absolute atomic E-state index is 0.185. The summed E-state index contributed by atoms with van der Waals surface area (Å²) in [5.74, 6) is 0.952. The molecule has 0 saturated carbocycles. The summed E-state index contributed by atoms with van der Waals surface area (Å²) in [5, 5.41) is 11.9. The normalized spacial score (nSPS) is 10.9. The van der Waals surface area contributed by atoms with Gasteiger partial charge in [0.1, 0.15) is 11.9 Å². The highest BCUT2D eigenvalue weighted by Crippen LogP contribution is 2.16. The van der Waals surface area contributed by atoms with Crippen molar-refractivity contribution < 1.29 is 0 Å². The fourth-order valence-electron chi connectivity index (χ4n) is 1.02. The van der Waals surface area contributed by atoms with Crippen LogP contribution in [0.15, 0.2) is 6.20 Å². The van der Waals surface area contributed by atoms with Crippen molar-refractivity contribution in [3.05, 3.63) is 17.6 Å². The third-order valence-electron chi connectivity index (χ3n) is 1.86. The minimum Gasteiger partial charge on any atom is -0.369 e. The number of nitrogens with zero attached hydrogens (tertiary/aromatic N) is 3. The molecule has 0 unspecified atom stereocenters. The van der Waals surface area contributed by atoms with Crippen molar-refractivity contribution in [1.29, 1.82) is 5.26 Å². The first kappa shape index (κ1) is 11.4. The number of nitrogens with one attached hydrogen (secondary N) is 1. The van der Waals surface area contributed by atoms with Gasteiger partial charge >= 0.3 is 0 Å². The van der Waals surface area contributed by atoms with Gasteiger partial charge < -0.3 is 5.32 Å². The fraction of sp³-hybridized carbons (Fsp3) is 0.545. The molecule has 15 heavy (non-hydrogen) atoms. The lowest BCUT2D eigenvalue weighted by atomic mass is 9.97. The molecule has 0 bridgehead atoms. The van der Waals surface area contributed by atoms with Crippen LogP contribution in [0.2, 0.25) is 0 Å². The molecular formula is C11H16N4. The summed E-state index contributed by atoms with van der Waals surface area (Å²) in [4.78, 5) is 8.00. The van der Waals surface area contributed by atoms with Gasteiger partial charge in [0, 0.05) is 18.3 Å². The number of nitriles is 1. The Kier molecular flexibility index (Phi) is 3.25. The topological polar surface area (TPSA) is 61.6 Å². The van der Waals surface area contributed by atoms with Crippen LogP contribution in [0.4, 0.5) is 5.82 Å². The first-order valence-electron chi connectivity index (χ1n) is 4.90. The van der Waals surface area contributed by atoms with Gasteiger partial charge in [0.2, 0.25) is 5.82 Å². The van der Waals surface area contributed by atoms with Gasteiger partial charge in [-0.05, 0) is 12.3 Å². The van der Waals surface area contributed by atoms with E-state index in [1.807, 2.05) is 13.0 Å². The summed E-state index contributed by atoms with van der Waals surface area (Å²) in [7, 11) is 0. The van der Waals surface area contributed by atoms with Crippen molar-refractivity contribution in [3.8, 4) is 6.07 Å². The van der Waals surface area contributed by atoms with Gasteiger partial charge in [-0.1, -0.05) is 20.8 Å². The highest BCUT2D eigenvalue weighted by molar-refractivity contribution is 5.43. The van der Waals surface area contributed by atoms with Crippen molar-refractivity contribution in [1.82, 2.24) is 9.97 Å². The number of rotatable bonds is 2. The molecule has 0 atom stereocenters. The van der Waals surface area contributed by atoms with Gasteiger partial charge in [0.25, 0.3) is 0 Å². The second kappa shape index (κ2) is 4.26. The highest BCUT2D eigenvalue weighted by atomic mass is 15.0. The predicted molar refractivity (Wildman–Crippen MR) is 59.4 cm³/mol. The van der Waals surface area contributed by atoms with E-state index in [9.17, 15) is 0 Å². The Bertz CT molecular complexity index is 385. The van der Waals surface area contributed by atoms with Crippen LogP contribution in [0, 0.1) is 23.7 Å². The van der Waals surface area contributed by atoms with E-state index in [-0.39, 0.29) is 11.2 Å². The maximum absolute atomic E-state index is 8.68. The number of aryl methyl sites for hydroxylation is 1. The SMILES string of the molecule is Cc1cnc(C#N)nc1NCC(C)(C)C. The number of aromatic nitrogens is 2. The Morgan fingerprint density at radius 1 is 1.47 bits per heavy atom. The monoisotopic (exact) mass is 204 g/mol. The average molecular weight is 204 g/mol. The summed E-state index contributed by atoms with van der Waals surface area (Å²) in [6, 6.07) is 1.93. The van der Waals surface area contributed by atoms with Gasteiger partial charge in [-0.25, -0.2) is 9.97 Å². The van der Waals surface area contributed by atoms with Crippen molar-refractivity contribution in [2.45, 2.75) is 27.7 Å². The van der Waals surface area contributed by atoms with Crippen molar-refractivity contribution in [3.63, 3.8) is 0 Å². The molecule has 1 heterocycles. The zero-order valence-electron chi connectivity index (χ0n) is 9.63. The molecule has 0 spiro atoms. The van der Waals surface area contributed by atoms with Crippen LogP contribution in [0.3, 0.4) is 0 Å². The van der Waals surface area contributed by atoms with E-state index in [1.54, 1.807) is 6.20 Å². The van der Waals surface area contributed by atoms with Gasteiger partial charge in [-0.2, -0.15) is 5.26 Å². The maximum atomic E-state index is 8.68. The predicted octanol–water partition coefficient (Wildman–Crippen LogP) is 2.11. The van der Waals surface area contributed by atoms with Gasteiger partial charge in [0.05, 0.1) is 0 Å². The van der Waals surface area contributed by atoms with Gasteiger partial charge in [0.15, 0.2) is 0 Å². The van der Waals surface area contributed by atoms with E-state index in [0.29, 0.717) is 0 Å². The second-order valence-corrected chi connectivity index (χ2v) is 4.75. The largest absolute Gasteiger partial charge is 0.369 e. The lowest BCUT2D eigenvalue weighted by Gasteiger charge is -2.19. The summed E-state index contributed by atoms with van der Waals surface area (Å²) in [5.41, 5.74) is 1.14. The quantitative estimate of drug-likeness (QED) is 0.801. The third kappa shape index (κ3) is 3.55. The van der Waals surface area contributed by atoms with Crippen LogP contribution >= 0.6 is 0 Å². The van der Waals surface area contributed by atoms with Crippen LogP contribution in [0.5, 0.6) is 0 Å². The highest BCUT2D eigenvalue weighted by Gasteiger charge is 2.11. The molecule has 0 radical (unpaired) electrons. The van der Waals surface area contributed by atoms with Crippen LogP contribution in [0.25, 0.3) is 0 Å². The number of hydrogen-bond acceptors (Lipinski definition) is 4. The molecule has 0 amide bonds. The summed E-state index contributed by atoms with van der Waals surface area (Å²) in [6.45, 7) is 9.16. The Labute approximate surface area is 90.4 Å². The Hall–Kier alpha value is -1.63. The molecule has 0 fully saturated rings. The van der Waals surface area contributed by atoms with Crippen molar-refractivity contribution >= 4 is 5.82 Å². The Morgan fingerprint density at radius 2 is 2.13 bits per heavy atom. The lowest BCUT2D eigenvalue weighted by molar-refractivity contribution is 0.442. The maximum Gasteiger partial charge on any atom is 0.234 e. The van der Waals surface area contributed by atoms with Gasteiger partial charge in [-0.3, -0.25) is 0 Å². The zero-order valence-corrected chi connectivity index (χ0v) is 9.63. The molecule has 0 aromatic carbocycles. The number of hydrogen-bond donors (Lipinski definition) is 1. The van der Waals surface area contributed by atoms with Crippen LogP contribution in [-0.4, -0.2) is 16.5 Å². The summed E-state index contributed by atoms with van der Waals surface area (Å²) >= 11 is 0. The second-order valence-electron chi connectivity index (χ2n) is 4.75. The fourth-order valence-corrected chi connectivity index (χ4v) is 1.02. The van der Waals surface area contributed by atoms with E-state index in [2.05, 4.69) is 36.1 Å². The minimum atomic E-state index is 0.185. The average Bonchev–Trinajstić information content (AvgIpc) is 2.15. The smallest absolute Gasteiger partial charge is 0.234 e. The van der Waals surface area contributed by atoms with E-state index in [1.165, 1.54) is 0 Å². The van der Waals surface area contributed by atoms with Crippen molar-refractivity contribution in [2.24, 2.45) is 5.41 Å². The summed E-state index contributed by atoms with van der Waals surface area (Å²) in [6.07, 6.45) is 1.66. The van der Waals surface area contributed by atoms with Crippen LogP contribution in [-0.2, 0) is 0 Å². The van der Waals surface area contributed by atoms with Crippen molar-refractivity contribution in [2.75, 3.05) is 11.9 Å². The van der Waals surface area contributed by atoms with Crippen LogP contribution in [0.1, 0.15) is 32.2 Å². The Balaban J connectivity index is 2.81. The molecular weight excluding hydrogens is 188 g/mol. The molecule has 1 aromatic heterocycles. The van der Waals surface area contributed by atoms with E-state index in [0.717, 1.165) is 17.9 Å². The van der Waals surface area contributed by atoms with E-state index in [4.69, 9.17) is 5.26 Å². The Morgan fingerprint density at radius 3 is 2.67 bits per heavy atom. The molecule has 0 aliphatic rings. The first-order chi connectivity index (χ1) is 6.92. The molecule has 0 aliphatic carbocycles. The zero-order chi connectivity index (χ0) is 11.5.